The van der Waals surface area contributed by atoms with Crippen molar-refractivity contribution in [1.82, 2.24) is 10.2 Å². The minimum Gasteiger partial charge on any atom is -0.353 e. The predicted molar refractivity (Wildman–Crippen MR) is 84.3 cm³/mol. The maximum atomic E-state index is 12.9. The maximum Gasteiger partial charge on any atom is 0.408 e. The third-order valence-electron chi connectivity index (χ3n) is 4.99. The molecule has 0 radical (unpaired) electrons. The molecule has 0 spiro atoms. The van der Waals surface area contributed by atoms with Crippen molar-refractivity contribution in [2.75, 3.05) is 6.54 Å². The molecule has 7 heteroatoms. The fraction of sp³-hybridized carbons (Fsp3) is 0.882. The molecule has 24 heavy (non-hydrogen) atoms. The number of carbonyl (C=O) groups is 2. The van der Waals surface area contributed by atoms with Gasteiger partial charge < -0.3 is 10.2 Å². The number of rotatable bonds is 4. The molecule has 2 amide bonds. The number of alkyl halides is 3. The van der Waals surface area contributed by atoms with E-state index in [1.165, 1.54) is 19.3 Å². The fourth-order valence-corrected chi connectivity index (χ4v) is 3.67. The van der Waals surface area contributed by atoms with E-state index in [9.17, 15) is 22.8 Å². The molecule has 1 aliphatic heterocycles. The number of likely N-dealkylation sites (tertiary alicyclic amines) is 1. The molecule has 0 bridgehead atoms. The van der Waals surface area contributed by atoms with Crippen LogP contribution in [0.5, 0.6) is 0 Å². The normalized spacial score (nSPS) is 23.6. The van der Waals surface area contributed by atoms with Gasteiger partial charge in [-0.25, -0.2) is 0 Å². The summed E-state index contributed by atoms with van der Waals surface area (Å²) in [6.45, 7) is 0.132. The molecule has 0 aromatic heterocycles. The van der Waals surface area contributed by atoms with E-state index in [1.807, 2.05) is 0 Å². The van der Waals surface area contributed by atoms with Gasteiger partial charge in [-0.1, -0.05) is 32.1 Å². The van der Waals surface area contributed by atoms with E-state index in [2.05, 4.69) is 5.32 Å². The smallest absolute Gasteiger partial charge is 0.353 e. The molecule has 1 atom stereocenters. The Kier molecular flexibility index (Phi) is 6.92. The van der Waals surface area contributed by atoms with Crippen molar-refractivity contribution in [3.05, 3.63) is 0 Å². The van der Waals surface area contributed by atoms with E-state index in [-0.39, 0.29) is 37.8 Å². The average molecular weight is 348 g/mol. The monoisotopic (exact) mass is 348 g/mol. The van der Waals surface area contributed by atoms with E-state index in [1.54, 1.807) is 0 Å². The van der Waals surface area contributed by atoms with Crippen LogP contribution in [-0.4, -0.2) is 41.5 Å². The zero-order chi connectivity index (χ0) is 17.6. The summed E-state index contributed by atoms with van der Waals surface area (Å²) in [5.41, 5.74) is 0. The van der Waals surface area contributed by atoms with Crippen LogP contribution in [0.4, 0.5) is 13.2 Å². The topological polar surface area (TPSA) is 49.4 Å². The Morgan fingerprint density at radius 3 is 2.17 bits per heavy atom. The van der Waals surface area contributed by atoms with Crippen molar-refractivity contribution in [2.24, 2.45) is 0 Å². The van der Waals surface area contributed by atoms with Crippen LogP contribution in [-0.2, 0) is 9.59 Å². The van der Waals surface area contributed by atoms with E-state index < -0.39 is 18.1 Å². The van der Waals surface area contributed by atoms with Crippen molar-refractivity contribution < 1.29 is 22.8 Å². The van der Waals surface area contributed by atoms with Gasteiger partial charge in [0.25, 0.3) is 0 Å². The van der Waals surface area contributed by atoms with Gasteiger partial charge in [-0.05, 0) is 25.7 Å². The average Bonchev–Trinajstić information content (AvgIpc) is 2.97. The summed E-state index contributed by atoms with van der Waals surface area (Å²) in [4.78, 5) is 24.9. The van der Waals surface area contributed by atoms with Crippen LogP contribution in [0.3, 0.4) is 0 Å². The van der Waals surface area contributed by atoms with Crippen molar-refractivity contribution in [2.45, 2.75) is 88.9 Å². The molecule has 1 saturated carbocycles. The number of hydrogen-bond acceptors (Lipinski definition) is 2. The highest BCUT2D eigenvalue weighted by Crippen LogP contribution is 2.33. The molecule has 2 aliphatic rings. The Morgan fingerprint density at radius 1 is 0.917 bits per heavy atom. The number of nitrogens with one attached hydrogen (secondary N) is 1. The van der Waals surface area contributed by atoms with Gasteiger partial charge in [-0.2, -0.15) is 13.2 Å². The molecule has 1 saturated heterocycles. The molecule has 2 rings (SSSR count). The lowest BCUT2D eigenvalue weighted by atomic mass is 9.96. The Morgan fingerprint density at radius 2 is 1.54 bits per heavy atom. The first-order chi connectivity index (χ1) is 11.4. The summed E-state index contributed by atoms with van der Waals surface area (Å²) >= 11 is 0. The molecular weight excluding hydrogens is 321 g/mol. The Hall–Kier alpha value is -1.27. The number of amides is 2. The Bertz CT molecular complexity index is 432. The summed E-state index contributed by atoms with van der Waals surface area (Å²) in [5.74, 6) is -0.792. The lowest BCUT2D eigenvalue weighted by molar-refractivity contribution is -0.182. The number of hydrogen-bond donors (Lipinski definition) is 1. The molecule has 1 N–H and O–H groups in total. The molecular formula is C17H27F3N2O2. The molecule has 0 unspecified atom stereocenters. The highest BCUT2D eigenvalue weighted by molar-refractivity contribution is 5.84. The fourth-order valence-electron chi connectivity index (χ4n) is 3.67. The summed E-state index contributed by atoms with van der Waals surface area (Å²) in [5, 5.41) is 2.94. The van der Waals surface area contributed by atoms with E-state index >= 15 is 0 Å². The van der Waals surface area contributed by atoms with Gasteiger partial charge in [0.1, 0.15) is 6.04 Å². The third-order valence-corrected chi connectivity index (χ3v) is 4.99. The Labute approximate surface area is 141 Å². The molecule has 0 aromatic carbocycles. The van der Waals surface area contributed by atoms with Gasteiger partial charge in [0.15, 0.2) is 0 Å². The van der Waals surface area contributed by atoms with Gasteiger partial charge >= 0.3 is 6.18 Å². The van der Waals surface area contributed by atoms with Crippen LogP contribution in [0, 0.1) is 0 Å². The van der Waals surface area contributed by atoms with Crippen LogP contribution >= 0.6 is 0 Å². The zero-order valence-corrected chi connectivity index (χ0v) is 14.0. The SMILES string of the molecule is O=C(CCC(=O)N1CCC[C@@H]1C(F)(F)F)NC1CCCCCCC1. The summed E-state index contributed by atoms with van der Waals surface area (Å²) in [7, 11) is 0. The largest absolute Gasteiger partial charge is 0.408 e. The highest BCUT2D eigenvalue weighted by Gasteiger charge is 2.47. The Balaban J connectivity index is 1.75. The van der Waals surface area contributed by atoms with Gasteiger partial charge in [0, 0.05) is 25.4 Å². The van der Waals surface area contributed by atoms with Crippen LogP contribution in [0.25, 0.3) is 0 Å². The molecule has 138 valence electrons. The van der Waals surface area contributed by atoms with E-state index in [0.717, 1.165) is 30.6 Å². The zero-order valence-electron chi connectivity index (χ0n) is 14.0. The molecule has 4 nitrogen and oxygen atoms in total. The van der Waals surface area contributed by atoms with Crippen molar-refractivity contribution in [3.63, 3.8) is 0 Å². The third kappa shape index (κ3) is 5.67. The number of nitrogens with zero attached hydrogens (tertiary/aromatic N) is 1. The first kappa shape index (κ1) is 19.1. The second kappa shape index (κ2) is 8.72. The first-order valence-electron chi connectivity index (χ1n) is 9.03. The highest BCUT2D eigenvalue weighted by atomic mass is 19.4. The maximum absolute atomic E-state index is 12.9. The second-order valence-corrected chi connectivity index (χ2v) is 6.90. The standard InChI is InChI=1S/C17H27F3N2O2/c18-17(19,20)14-9-6-12-22(14)16(24)11-10-15(23)21-13-7-4-2-1-3-5-8-13/h13-14H,1-12H2,(H,21,23)/t14-/m1/s1. The van der Waals surface area contributed by atoms with Gasteiger partial charge in [0.2, 0.25) is 11.8 Å². The lowest BCUT2D eigenvalue weighted by Gasteiger charge is -2.26. The van der Waals surface area contributed by atoms with Gasteiger partial charge in [-0.3, -0.25) is 9.59 Å². The van der Waals surface area contributed by atoms with Crippen molar-refractivity contribution in [3.8, 4) is 0 Å². The van der Waals surface area contributed by atoms with E-state index in [4.69, 9.17) is 0 Å². The number of carbonyl (C=O) groups excluding carboxylic acids is 2. The quantitative estimate of drug-likeness (QED) is 0.845. The molecule has 1 aliphatic carbocycles. The molecule has 2 fully saturated rings. The minimum atomic E-state index is -4.38. The number of halogens is 3. The molecule has 1 heterocycles. The van der Waals surface area contributed by atoms with Crippen LogP contribution in [0.2, 0.25) is 0 Å². The minimum absolute atomic E-state index is 0.0313. The summed E-state index contributed by atoms with van der Waals surface area (Å²) < 4.78 is 38.6. The first-order valence-corrected chi connectivity index (χ1v) is 9.03. The van der Waals surface area contributed by atoms with Crippen molar-refractivity contribution in [1.29, 1.82) is 0 Å². The summed E-state index contributed by atoms with van der Waals surface area (Å²) in [6.07, 6.45) is 3.44. The van der Waals surface area contributed by atoms with Crippen LogP contribution < -0.4 is 5.32 Å². The van der Waals surface area contributed by atoms with Crippen LogP contribution in [0.15, 0.2) is 0 Å². The second-order valence-electron chi connectivity index (χ2n) is 6.90. The molecule has 0 aromatic rings. The van der Waals surface area contributed by atoms with Gasteiger partial charge in [0.05, 0.1) is 0 Å². The van der Waals surface area contributed by atoms with Gasteiger partial charge in [-0.15, -0.1) is 0 Å². The van der Waals surface area contributed by atoms with E-state index in [0.29, 0.717) is 6.42 Å². The lowest BCUT2D eigenvalue weighted by Crippen LogP contribution is -2.45. The van der Waals surface area contributed by atoms with Crippen LogP contribution in [0.1, 0.15) is 70.6 Å². The predicted octanol–water partition coefficient (Wildman–Crippen LogP) is 3.55. The van der Waals surface area contributed by atoms with Crippen molar-refractivity contribution >= 4 is 11.8 Å². The summed E-state index contributed by atoms with van der Waals surface area (Å²) in [6, 6.07) is -1.54.